The zero-order valence-corrected chi connectivity index (χ0v) is 10.6. The first-order valence-corrected chi connectivity index (χ1v) is 6.81. The molecule has 92 valence electrons. The van der Waals surface area contributed by atoms with Crippen LogP contribution in [0.15, 0.2) is 60.7 Å². The Bertz CT molecular complexity index is 434. The summed E-state index contributed by atoms with van der Waals surface area (Å²) in [5, 5.41) is 0. The van der Waals surface area contributed by atoms with Crippen molar-refractivity contribution >= 4 is 11.4 Å². The molecule has 1 fully saturated rings. The van der Waals surface area contributed by atoms with Gasteiger partial charge in [-0.05, 0) is 43.0 Å². The fraction of sp³-hybridized carbons (Fsp3) is 0.294. The fourth-order valence-electron chi connectivity index (χ4n) is 2.51. The quantitative estimate of drug-likeness (QED) is 0.749. The van der Waals surface area contributed by atoms with Crippen LogP contribution >= 0.6 is 0 Å². The SMILES string of the molecule is c1ccc(N(CC2CCC2)c2ccccc2)cc1. The topological polar surface area (TPSA) is 3.24 Å². The molecule has 0 aromatic heterocycles. The third kappa shape index (κ3) is 2.40. The van der Waals surface area contributed by atoms with Gasteiger partial charge >= 0.3 is 0 Å². The van der Waals surface area contributed by atoms with Gasteiger partial charge in [0.15, 0.2) is 0 Å². The summed E-state index contributed by atoms with van der Waals surface area (Å²) in [6.45, 7) is 1.15. The molecular formula is C17H19N. The van der Waals surface area contributed by atoms with Gasteiger partial charge < -0.3 is 4.90 Å². The molecule has 0 atom stereocenters. The largest absolute Gasteiger partial charge is 0.341 e. The van der Waals surface area contributed by atoms with Gasteiger partial charge in [-0.15, -0.1) is 0 Å². The summed E-state index contributed by atoms with van der Waals surface area (Å²) in [7, 11) is 0. The molecule has 1 aliphatic rings. The Hall–Kier alpha value is -1.76. The second kappa shape index (κ2) is 5.26. The van der Waals surface area contributed by atoms with E-state index in [4.69, 9.17) is 0 Å². The number of anilines is 2. The van der Waals surface area contributed by atoms with Crippen LogP contribution in [0.4, 0.5) is 11.4 Å². The van der Waals surface area contributed by atoms with Gasteiger partial charge in [-0.1, -0.05) is 42.8 Å². The number of hydrogen-bond donors (Lipinski definition) is 0. The standard InChI is InChI=1S/C17H19N/c1-3-10-16(11-4-1)18(14-15-8-7-9-15)17-12-5-2-6-13-17/h1-6,10-13,15H,7-9,14H2. The highest BCUT2D eigenvalue weighted by Crippen LogP contribution is 2.32. The molecule has 0 saturated heterocycles. The Morgan fingerprint density at radius 3 is 1.67 bits per heavy atom. The molecule has 0 bridgehead atoms. The van der Waals surface area contributed by atoms with Crippen LogP contribution in [0, 0.1) is 5.92 Å². The average molecular weight is 237 g/mol. The Morgan fingerprint density at radius 1 is 0.778 bits per heavy atom. The normalized spacial score (nSPS) is 15.1. The van der Waals surface area contributed by atoms with Crippen LogP contribution in [0.25, 0.3) is 0 Å². The molecule has 0 aliphatic heterocycles. The number of nitrogens with zero attached hydrogens (tertiary/aromatic N) is 1. The van der Waals surface area contributed by atoms with Crippen molar-refractivity contribution in [3.05, 3.63) is 60.7 Å². The second-order valence-corrected chi connectivity index (χ2v) is 5.08. The molecular weight excluding hydrogens is 218 g/mol. The lowest BCUT2D eigenvalue weighted by Gasteiger charge is -2.33. The molecule has 0 spiro atoms. The van der Waals surface area contributed by atoms with E-state index in [9.17, 15) is 0 Å². The van der Waals surface area contributed by atoms with Gasteiger partial charge in [0, 0.05) is 17.9 Å². The molecule has 0 N–H and O–H groups in total. The molecule has 1 nitrogen and oxygen atoms in total. The van der Waals surface area contributed by atoms with Crippen molar-refractivity contribution < 1.29 is 0 Å². The van der Waals surface area contributed by atoms with Gasteiger partial charge in [0.05, 0.1) is 0 Å². The van der Waals surface area contributed by atoms with E-state index < -0.39 is 0 Å². The highest BCUT2D eigenvalue weighted by Gasteiger charge is 2.21. The smallest absolute Gasteiger partial charge is 0.0410 e. The zero-order valence-electron chi connectivity index (χ0n) is 10.6. The molecule has 0 amide bonds. The van der Waals surface area contributed by atoms with Crippen molar-refractivity contribution in [2.75, 3.05) is 11.4 Å². The van der Waals surface area contributed by atoms with E-state index in [1.807, 2.05) is 0 Å². The van der Waals surface area contributed by atoms with Gasteiger partial charge in [0.2, 0.25) is 0 Å². The first-order chi connectivity index (χ1) is 8.93. The van der Waals surface area contributed by atoms with Crippen molar-refractivity contribution in [1.29, 1.82) is 0 Å². The maximum absolute atomic E-state index is 2.45. The molecule has 18 heavy (non-hydrogen) atoms. The Morgan fingerprint density at radius 2 is 1.28 bits per heavy atom. The van der Waals surface area contributed by atoms with E-state index in [0.717, 1.165) is 12.5 Å². The van der Waals surface area contributed by atoms with E-state index in [2.05, 4.69) is 65.6 Å². The molecule has 3 rings (SSSR count). The third-order valence-corrected chi connectivity index (χ3v) is 3.80. The van der Waals surface area contributed by atoms with Gasteiger partial charge in [0.1, 0.15) is 0 Å². The summed E-state index contributed by atoms with van der Waals surface area (Å²) >= 11 is 0. The van der Waals surface area contributed by atoms with Crippen molar-refractivity contribution in [3.8, 4) is 0 Å². The van der Waals surface area contributed by atoms with E-state index in [1.54, 1.807) is 0 Å². The minimum Gasteiger partial charge on any atom is -0.341 e. The molecule has 1 heteroatoms. The Kier molecular flexibility index (Phi) is 3.31. The summed E-state index contributed by atoms with van der Waals surface area (Å²) < 4.78 is 0. The summed E-state index contributed by atoms with van der Waals surface area (Å²) in [5.74, 6) is 0.866. The van der Waals surface area contributed by atoms with E-state index in [0.29, 0.717) is 0 Å². The molecule has 2 aromatic carbocycles. The third-order valence-electron chi connectivity index (χ3n) is 3.80. The monoisotopic (exact) mass is 237 g/mol. The number of hydrogen-bond acceptors (Lipinski definition) is 1. The van der Waals surface area contributed by atoms with Crippen molar-refractivity contribution in [3.63, 3.8) is 0 Å². The zero-order chi connectivity index (χ0) is 12.2. The first kappa shape index (κ1) is 11.3. The highest BCUT2D eigenvalue weighted by molar-refractivity contribution is 5.62. The Balaban J connectivity index is 1.88. The van der Waals surface area contributed by atoms with Gasteiger partial charge in [-0.25, -0.2) is 0 Å². The Labute approximate surface area is 109 Å². The predicted octanol–water partition coefficient (Wildman–Crippen LogP) is 4.62. The summed E-state index contributed by atoms with van der Waals surface area (Å²) in [6, 6.07) is 21.4. The van der Waals surface area contributed by atoms with Crippen LogP contribution in [0.1, 0.15) is 19.3 Å². The van der Waals surface area contributed by atoms with E-state index in [-0.39, 0.29) is 0 Å². The lowest BCUT2D eigenvalue weighted by Crippen LogP contribution is -2.28. The first-order valence-electron chi connectivity index (χ1n) is 6.81. The van der Waals surface area contributed by atoms with Crippen molar-refractivity contribution in [2.45, 2.75) is 19.3 Å². The van der Waals surface area contributed by atoms with Crippen LogP contribution in [-0.4, -0.2) is 6.54 Å². The average Bonchev–Trinajstić information content (AvgIpc) is 2.40. The summed E-state index contributed by atoms with van der Waals surface area (Å²) in [5.41, 5.74) is 2.60. The second-order valence-electron chi connectivity index (χ2n) is 5.08. The summed E-state index contributed by atoms with van der Waals surface area (Å²) in [4.78, 5) is 2.45. The van der Waals surface area contributed by atoms with Gasteiger partial charge in [0.25, 0.3) is 0 Å². The maximum atomic E-state index is 2.45. The van der Waals surface area contributed by atoms with Gasteiger partial charge in [-0.3, -0.25) is 0 Å². The van der Waals surface area contributed by atoms with E-state index in [1.165, 1.54) is 30.6 Å². The lowest BCUT2D eigenvalue weighted by molar-refractivity contribution is 0.324. The highest BCUT2D eigenvalue weighted by atomic mass is 15.1. The van der Waals surface area contributed by atoms with Crippen molar-refractivity contribution in [1.82, 2.24) is 0 Å². The molecule has 1 aliphatic carbocycles. The predicted molar refractivity (Wildman–Crippen MR) is 77.2 cm³/mol. The maximum Gasteiger partial charge on any atom is 0.0410 e. The molecule has 1 saturated carbocycles. The van der Waals surface area contributed by atoms with Crippen LogP contribution in [0.5, 0.6) is 0 Å². The van der Waals surface area contributed by atoms with Crippen LogP contribution in [0.2, 0.25) is 0 Å². The molecule has 0 heterocycles. The minimum absolute atomic E-state index is 0.866. The van der Waals surface area contributed by atoms with Crippen LogP contribution < -0.4 is 4.90 Å². The van der Waals surface area contributed by atoms with Crippen molar-refractivity contribution in [2.24, 2.45) is 5.92 Å². The van der Waals surface area contributed by atoms with E-state index >= 15 is 0 Å². The molecule has 0 radical (unpaired) electrons. The number of rotatable bonds is 4. The fourth-order valence-corrected chi connectivity index (χ4v) is 2.51. The number of para-hydroxylation sites is 2. The lowest BCUT2D eigenvalue weighted by atomic mass is 9.85. The molecule has 2 aromatic rings. The van der Waals surface area contributed by atoms with Crippen LogP contribution in [-0.2, 0) is 0 Å². The molecule has 0 unspecified atom stereocenters. The van der Waals surface area contributed by atoms with Gasteiger partial charge in [-0.2, -0.15) is 0 Å². The minimum atomic E-state index is 0.866. The number of benzene rings is 2. The summed E-state index contributed by atoms with van der Waals surface area (Å²) in [6.07, 6.45) is 4.18. The van der Waals surface area contributed by atoms with Crippen LogP contribution in [0.3, 0.4) is 0 Å².